The van der Waals surface area contributed by atoms with Crippen LogP contribution in [0, 0.1) is 0 Å². The standard InChI is InChI=1S/C17H14Cl2N4O2/c1-11(25-15-6-5-12(18)10-13(15)19)17(24)22-14-4-2-7-20-16(14)23-9-3-8-21-23/h2-11H,1H3,(H,22,24). The van der Waals surface area contributed by atoms with Gasteiger partial charge in [-0.25, -0.2) is 9.67 Å². The van der Waals surface area contributed by atoms with Gasteiger partial charge in [0.15, 0.2) is 11.9 Å². The number of pyridine rings is 1. The molecule has 0 bridgehead atoms. The van der Waals surface area contributed by atoms with Gasteiger partial charge in [-0.1, -0.05) is 23.2 Å². The highest BCUT2D eigenvalue weighted by Gasteiger charge is 2.18. The maximum Gasteiger partial charge on any atom is 0.265 e. The second-order valence-corrected chi connectivity index (χ2v) is 5.99. The van der Waals surface area contributed by atoms with Gasteiger partial charge in [-0.05, 0) is 43.3 Å². The van der Waals surface area contributed by atoms with Crippen molar-refractivity contribution in [2.45, 2.75) is 13.0 Å². The van der Waals surface area contributed by atoms with E-state index in [1.165, 1.54) is 0 Å². The van der Waals surface area contributed by atoms with Gasteiger partial charge in [0, 0.05) is 23.6 Å². The molecule has 6 nitrogen and oxygen atoms in total. The minimum absolute atomic E-state index is 0.339. The molecule has 25 heavy (non-hydrogen) atoms. The zero-order valence-corrected chi connectivity index (χ0v) is 14.7. The second kappa shape index (κ2) is 7.55. The summed E-state index contributed by atoms with van der Waals surface area (Å²) in [7, 11) is 0. The summed E-state index contributed by atoms with van der Waals surface area (Å²) in [5.74, 6) is 0.553. The molecule has 3 aromatic rings. The lowest BCUT2D eigenvalue weighted by atomic mass is 10.3. The van der Waals surface area contributed by atoms with Crippen molar-refractivity contribution >= 4 is 34.8 Å². The molecule has 1 unspecified atom stereocenters. The van der Waals surface area contributed by atoms with E-state index in [4.69, 9.17) is 27.9 Å². The van der Waals surface area contributed by atoms with Crippen LogP contribution in [0.3, 0.4) is 0 Å². The number of nitrogens with one attached hydrogen (secondary N) is 1. The molecule has 8 heteroatoms. The summed E-state index contributed by atoms with van der Waals surface area (Å²) in [4.78, 5) is 16.7. The third kappa shape index (κ3) is 4.10. The molecular weight excluding hydrogens is 363 g/mol. The highest BCUT2D eigenvalue weighted by Crippen LogP contribution is 2.28. The van der Waals surface area contributed by atoms with Crippen molar-refractivity contribution in [3.05, 3.63) is 65.0 Å². The SMILES string of the molecule is CC(Oc1ccc(Cl)cc1Cl)C(=O)Nc1cccnc1-n1cccn1. The Kier molecular flexibility index (Phi) is 5.21. The van der Waals surface area contributed by atoms with Crippen molar-refractivity contribution in [1.82, 2.24) is 14.8 Å². The zero-order chi connectivity index (χ0) is 17.8. The molecule has 3 rings (SSSR count). The van der Waals surface area contributed by atoms with Crippen LogP contribution in [0.1, 0.15) is 6.92 Å². The summed E-state index contributed by atoms with van der Waals surface area (Å²) in [6, 6.07) is 10.1. The summed E-state index contributed by atoms with van der Waals surface area (Å²) in [5.41, 5.74) is 0.522. The summed E-state index contributed by atoms with van der Waals surface area (Å²) >= 11 is 11.9. The number of hydrogen-bond donors (Lipinski definition) is 1. The van der Waals surface area contributed by atoms with E-state index < -0.39 is 6.10 Å². The highest BCUT2D eigenvalue weighted by molar-refractivity contribution is 6.35. The Labute approximate surface area is 154 Å². The normalized spacial score (nSPS) is 11.8. The van der Waals surface area contributed by atoms with Crippen LogP contribution in [0.5, 0.6) is 5.75 Å². The number of carbonyl (C=O) groups excluding carboxylic acids is 1. The number of carbonyl (C=O) groups is 1. The lowest BCUT2D eigenvalue weighted by molar-refractivity contribution is -0.122. The third-order valence-electron chi connectivity index (χ3n) is 3.33. The van der Waals surface area contributed by atoms with Crippen molar-refractivity contribution in [1.29, 1.82) is 0 Å². The Balaban J connectivity index is 1.74. The number of hydrogen-bond acceptors (Lipinski definition) is 4. The molecule has 0 aliphatic rings. The van der Waals surface area contributed by atoms with Crippen LogP contribution in [-0.4, -0.2) is 26.8 Å². The average molecular weight is 377 g/mol. The van der Waals surface area contributed by atoms with Crippen molar-refractivity contribution in [2.75, 3.05) is 5.32 Å². The van der Waals surface area contributed by atoms with E-state index in [2.05, 4.69) is 15.4 Å². The minimum atomic E-state index is -0.774. The van der Waals surface area contributed by atoms with E-state index >= 15 is 0 Å². The van der Waals surface area contributed by atoms with E-state index in [1.807, 2.05) is 0 Å². The molecule has 1 N–H and O–H groups in total. The number of amides is 1. The monoisotopic (exact) mass is 376 g/mol. The van der Waals surface area contributed by atoms with Crippen LogP contribution in [0.2, 0.25) is 10.0 Å². The minimum Gasteiger partial charge on any atom is -0.479 e. The van der Waals surface area contributed by atoms with Crippen LogP contribution < -0.4 is 10.1 Å². The lowest BCUT2D eigenvalue weighted by Gasteiger charge is -2.16. The van der Waals surface area contributed by atoms with Gasteiger partial charge in [0.2, 0.25) is 0 Å². The molecule has 0 radical (unpaired) electrons. The van der Waals surface area contributed by atoms with Gasteiger partial charge in [0.25, 0.3) is 5.91 Å². The van der Waals surface area contributed by atoms with Crippen LogP contribution in [0.15, 0.2) is 55.0 Å². The predicted molar refractivity (Wildman–Crippen MR) is 96.5 cm³/mol. The summed E-state index contributed by atoms with van der Waals surface area (Å²) in [6.07, 6.45) is 4.23. The first-order chi connectivity index (χ1) is 12.0. The molecule has 0 aliphatic carbocycles. The van der Waals surface area contributed by atoms with E-state index in [9.17, 15) is 4.79 Å². The van der Waals surface area contributed by atoms with E-state index in [0.717, 1.165) is 0 Å². The number of nitrogens with zero attached hydrogens (tertiary/aromatic N) is 3. The van der Waals surface area contributed by atoms with Crippen molar-refractivity contribution in [3.63, 3.8) is 0 Å². The molecule has 2 aromatic heterocycles. The summed E-state index contributed by atoms with van der Waals surface area (Å²) in [5, 5.41) is 7.75. The maximum atomic E-state index is 12.5. The van der Waals surface area contributed by atoms with Gasteiger partial charge in [-0.3, -0.25) is 4.79 Å². The molecule has 0 spiro atoms. The summed E-state index contributed by atoms with van der Waals surface area (Å²) in [6.45, 7) is 1.63. The van der Waals surface area contributed by atoms with Crippen LogP contribution in [0.4, 0.5) is 5.69 Å². The lowest BCUT2D eigenvalue weighted by Crippen LogP contribution is -2.30. The first kappa shape index (κ1) is 17.3. The molecule has 1 amide bonds. The van der Waals surface area contributed by atoms with E-state index in [1.54, 1.807) is 66.6 Å². The van der Waals surface area contributed by atoms with Gasteiger partial charge in [0.1, 0.15) is 5.75 Å². The first-order valence-electron chi connectivity index (χ1n) is 7.42. The Bertz CT molecular complexity index is 884. The molecule has 0 saturated carbocycles. The van der Waals surface area contributed by atoms with Crippen molar-refractivity contribution < 1.29 is 9.53 Å². The largest absolute Gasteiger partial charge is 0.479 e. The van der Waals surface area contributed by atoms with Gasteiger partial charge in [-0.2, -0.15) is 5.10 Å². The molecule has 0 saturated heterocycles. The number of ether oxygens (including phenoxy) is 1. The van der Waals surface area contributed by atoms with Gasteiger partial charge < -0.3 is 10.1 Å². The molecule has 128 valence electrons. The smallest absolute Gasteiger partial charge is 0.265 e. The molecule has 1 aromatic carbocycles. The van der Waals surface area contributed by atoms with Crippen LogP contribution in [0.25, 0.3) is 5.82 Å². The average Bonchev–Trinajstić information content (AvgIpc) is 3.12. The molecule has 0 aliphatic heterocycles. The van der Waals surface area contributed by atoms with Gasteiger partial charge >= 0.3 is 0 Å². The fourth-order valence-corrected chi connectivity index (χ4v) is 2.57. The van der Waals surface area contributed by atoms with Crippen LogP contribution >= 0.6 is 23.2 Å². The second-order valence-electron chi connectivity index (χ2n) is 5.15. The van der Waals surface area contributed by atoms with E-state index in [0.29, 0.717) is 27.3 Å². The number of halogens is 2. The first-order valence-corrected chi connectivity index (χ1v) is 8.18. The fourth-order valence-electron chi connectivity index (χ4n) is 2.12. The van der Waals surface area contributed by atoms with Gasteiger partial charge in [0.05, 0.1) is 10.7 Å². The molecule has 1 atom stereocenters. The summed E-state index contributed by atoms with van der Waals surface area (Å²) < 4.78 is 7.19. The number of benzene rings is 1. The molecule has 0 fully saturated rings. The predicted octanol–water partition coefficient (Wildman–Crippen LogP) is 3.98. The Morgan fingerprint density at radius 1 is 1.24 bits per heavy atom. The maximum absolute atomic E-state index is 12.5. The number of aromatic nitrogens is 3. The van der Waals surface area contributed by atoms with Crippen LogP contribution in [-0.2, 0) is 4.79 Å². The molecule has 2 heterocycles. The highest BCUT2D eigenvalue weighted by atomic mass is 35.5. The Hall–Kier alpha value is -2.57. The van der Waals surface area contributed by atoms with Crippen molar-refractivity contribution in [2.24, 2.45) is 0 Å². The van der Waals surface area contributed by atoms with Gasteiger partial charge in [-0.15, -0.1) is 0 Å². The molecular formula is C17H14Cl2N4O2. The quantitative estimate of drug-likeness (QED) is 0.730. The van der Waals surface area contributed by atoms with E-state index in [-0.39, 0.29) is 5.91 Å². The third-order valence-corrected chi connectivity index (χ3v) is 3.86. The number of rotatable bonds is 5. The Morgan fingerprint density at radius 3 is 2.80 bits per heavy atom. The zero-order valence-electron chi connectivity index (χ0n) is 13.2. The topological polar surface area (TPSA) is 69.0 Å². The fraction of sp³-hybridized carbons (Fsp3) is 0.118. The van der Waals surface area contributed by atoms with Crippen molar-refractivity contribution in [3.8, 4) is 11.6 Å². The number of anilines is 1. The Morgan fingerprint density at radius 2 is 2.08 bits per heavy atom.